The summed E-state index contributed by atoms with van der Waals surface area (Å²) in [5.74, 6) is 0. The SMILES string of the molecule is OCCc1ccccc1.[LiH]. The molecule has 1 N–H and O–H groups in total. The van der Waals surface area contributed by atoms with Crippen LogP contribution in [0, 0.1) is 0 Å². The van der Waals surface area contributed by atoms with E-state index in [0.29, 0.717) is 0 Å². The predicted molar refractivity (Wildman–Crippen MR) is 44.4 cm³/mol. The van der Waals surface area contributed by atoms with Gasteiger partial charge in [-0.25, -0.2) is 0 Å². The third-order valence-corrected chi connectivity index (χ3v) is 1.24. The molecule has 10 heavy (non-hydrogen) atoms. The third kappa shape index (κ3) is 3.08. The minimum absolute atomic E-state index is 0. The molecular formula is C8H11LiO. The maximum absolute atomic E-state index is 8.52. The zero-order valence-corrected chi connectivity index (χ0v) is 5.25. The number of rotatable bonds is 2. The van der Waals surface area contributed by atoms with Crippen molar-refractivity contribution < 1.29 is 5.11 Å². The van der Waals surface area contributed by atoms with E-state index >= 15 is 0 Å². The van der Waals surface area contributed by atoms with Crippen molar-refractivity contribution in [1.29, 1.82) is 0 Å². The molecule has 1 aromatic rings. The van der Waals surface area contributed by atoms with Crippen molar-refractivity contribution >= 4 is 18.9 Å². The van der Waals surface area contributed by atoms with E-state index in [4.69, 9.17) is 5.11 Å². The van der Waals surface area contributed by atoms with Crippen molar-refractivity contribution in [2.45, 2.75) is 6.42 Å². The van der Waals surface area contributed by atoms with Crippen LogP contribution in [0.3, 0.4) is 0 Å². The molecule has 50 valence electrons. The minimum atomic E-state index is 0. The molecule has 2 heteroatoms. The molecule has 0 aliphatic rings. The van der Waals surface area contributed by atoms with Crippen LogP contribution in [-0.2, 0) is 6.42 Å². The molecule has 0 unspecified atom stereocenters. The van der Waals surface area contributed by atoms with E-state index in [1.807, 2.05) is 30.3 Å². The molecule has 0 radical (unpaired) electrons. The van der Waals surface area contributed by atoms with E-state index in [-0.39, 0.29) is 25.5 Å². The van der Waals surface area contributed by atoms with Crippen molar-refractivity contribution in [3.05, 3.63) is 35.9 Å². The summed E-state index contributed by atoms with van der Waals surface area (Å²) in [5.41, 5.74) is 1.19. The van der Waals surface area contributed by atoms with Crippen molar-refractivity contribution in [3.63, 3.8) is 0 Å². The average Bonchev–Trinajstić information content (AvgIpc) is 1.91. The van der Waals surface area contributed by atoms with E-state index in [1.165, 1.54) is 5.56 Å². The van der Waals surface area contributed by atoms with Crippen LogP contribution in [0.5, 0.6) is 0 Å². The molecule has 0 aromatic heterocycles. The van der Waals surface area contributed by atoms with Gasteiger partial charge < -0.3 is 5.11 Å². The summed E-state index contributed by atoms with van der Waals surface area (Å²) in [4.78, 5) is 0. The summed E-state index contributed by atoms with van der Waals surface area (Å²) in [7, 11) is 0. The fourth-order valence-electron chi connectivity index (χ4n) is 0.774. The van der Waals surface area contributed by atoms with E-state index in [0.717, 1.165) is 6.42 Å². The van der Waals surface area contributed by atoms with Crippen LogP contribution < -0.4 is 0 Å². The fraction of sp³-hybridized carbons (Fsp3) is 0.250. The number of hydrogen-bond acceptors (Lipinski definition) is 1. The van der Waals surface area contributed by atoms with E-state index in [1.54, 1.807) is 0 Å². The Labute approximate surface area is 73.3 Å². The third-order valence-electron chi connectivity index (χ3n) is 1.24. The number of aliphatic hydroxyl groups is 1. The Morgan fingerprint density at radius 1 is 1.10 bits per heavy atom. The summed E-state index contributed by atoms with van der Waals surface area (Å²) < 4.78 is 0. The number of benzene rings is 1. The molecule has 0 atom stereocenters. The molecule has 0 spiro atoms. The first kappa shape index (κ1) is 9.78. The van der Waals surface area contributed by atoms with Gasteiger partial charge in [-0.1, -0.05) is 30.3 Å². The van der Waals surface area contributed by atoms with Crippen LogP contribution >= 0.6 is 0 Å². The van der Waals surface area contributed by atoms with Crippen LogP contribution in [0.2, 0.25) is 0 Å². The normalized spacial score (nSPS) is 8.50. The molecule has 0 bridgehead atoms. The van der Waals surface area contributed by atoms with Gasteiger partial charge in [0.2, 0.25) is 0 Å². The van der Waals surface area contributed by atoms with Crippen molar-refractivity contribution in [2.24, 2.45) is 0 Å². The second-order valence-electron chi connectivity index (χ2n) is 1.96. The van der Waals surface area contributed by atoms with Gasteiger partial charge in [0.05, 0.1) is 0 Å². The zero-order chi connectivity index (χ0) is 6.53. The van der Waals surface area contributed by atoms with Gasteiger partial charge in [-0.05, 0) is 12.0 Å². The van der Waals surface area contributed by atoms with Crippen LogP contribution in [0.4, 0.5) is 0 Å². The van der Waals surface area contributed by atoms with Crippen LogP contribution in [0.25, 0.3) is 0 Å². The van der Waals surface area contributed by atoms with Gasteiger partial charge in [-0.2, -0.15) is 0 Å². The van der Waals surface area contributed by atoms with Crippen LogP contribution in [-0.4, -0.2) is 30.6 Å². The topological polar surface area (TPSA) is 20.2 Å². The molecule has 0 fully saturated rings. The monoisotopic (exact) mass is 130 g/mol. The first-order valence-electron chi connectivity index (χ1n) is 3.08. The Morgan fingerprint density at radius 2 is 1.70 bits per heavy atom. The maximum atomic E-state index is 8.52. The number of hydrogen-bond donors (Lipinski definition) is 1. The fourth-order valence-corrected chi connectivity index (χ4v) is 0.774. The molecule has 1 nitrogen and oxygen atoms in total. The van der Waals surface area contributed by atoms with Gasteiger partial charge in [0, 0.05) is 6.61 Å². The summed E-state index contributed by atoms with van der Waals surface area (Å²) in [5, 5.41) is 8.52. The van der Waals surface area contributed by atoms with Crippen LogP contribution in [0.1, 0.15) is 5.56 Å². The summed E-state index contributed by atoms with van der Waals surface area (Å²) in [6, 6.07) is 9.95. The molecule has 0 amide bonds. The van der Waals surface area contributed by atoms with Gasteiger partial charge in [0.25, 0.3) is 0 Å². The Bertz CT molecular complexity index is 162. The molecule has 0 saturated heterocycles. The van der Waals surface area contributed by atoms with Gasteiger partial charge in [-0.3, -0.25) is 0 Å². The second-order valence-corrected chi connectivity index (χ2v) is 1.96. The van der Waals surface area contributed by atoms with E-state index < -0.39 is 0 Å². The first-order valence-corrected chi connectivity index (χ1v) is 3.08. The van der Waals surface area contributed by atoms with Crippen molar-refractivity contribution in [3.8, 4) is 0 Å². The van der Waals surface area contributed by atoms with Gasteiger partial charge in [0.15, 0.2) is 0 Å². The Balaban J connectivity index is 0.000000810. The van der Waals surface area contributed by atoms with Gasteiger partial charge in [0.1, 0.15) is 0 Å². The molecule has 1 aromatic carbocycles. The summed E-state index contributed by atoms with van der Waals surface area (Å²) in [6.07, 6.45) is 0.765. The Hall–Kier alpha value is -0.223. The molecule has 0 saturated carbocycles. The molecule has 0 aliphatic heterocycles. The Kier molecular flexibility index (Phi) is 5.43. The quantitative estimate of drug-likeness (QED) is 0.580. The standard InChI is InChI=1S/C8H10O.Li.H/c9-7-6-8-4-2-1-3-5-8;;/h1-5,9H,6-7H2;;. The van der Waals surface area contributed by atoms with Gasteiger partial charge in [-0.15, -0.1) is 0 Å². The number of aliphatic hydroxyl groups excluding tert-OH is 1. The van der Waals surface area contributed by atoms with Gasteiger partial charge >= 0.3 is 18.9 Å². The summed E-state index contributed by atoms with van der Waals surface area (Å²) >= 11 is 0. The Morgan fingerprint density at radius 3 is 2.20 bits per heavy atom. The van der Waals surface area contributed by atoms with E-state index in [2.05, 4.69) is 0 Å². The average molecular weight is 130 g/mol. The summed E-state index contributed by atoms with van der Waals surface area (Å²) in [6.45, 7) is 0.240. The first-order chi connectivity index (χ1) is 4.43. The predicted octanol–water partition coefficient (Wildman–Crippen LogP) is 0.573. The molecule has 0 heterocycles. The molecular weight excluding hydrogens is 119 g/mol. The second kappa shape index (κ2) is 5.55. The van der Waals surface area contributed by atoms with Crippen LogP contribution in [0.15, 0.2) is 30.3 Å². The molecule has 1 rings (SSSR count). The van der Waals surface area contributed by atoms with Crippen molar-refractivity contribution in [1.82, 2.24) is 0 Å². The van der Waals surface area contributed by atoms with Crippen molar-refractivity contribution in [2.75, 3.05) is 6.61 Å². The molecule has 0 aliphatic carbocycles. The van der Waals surface area contributed by atoms with E-state index in [9.17, 15) is 0 Å². The zero-order valence-electron chi connectivity index (χ0n) is 5.25.